The number of carbonyl (C=O) groups excluding carboxylic acids is 1. The van der Waals surface area contributed by atoms with Crippen LogP contribution in [0.25, 0.3) is 0 Å². The average Bonchev–Trinajstić information content (AvgIpc) is 3.39. The van der Waals surface area contributed by atoms with E-state index in [-0.39, 0.29) is 12.1 Å². The quantitative estimate of drug-likeness (QED) is 0.603. The maximum atomic E-state index is 12.8. The van der Waals surface area contributed by atoms with Crippen LogP contribution in [-0.4, -0.2) is 70.0 Å². The fraction of sp³-hybridized carbons (Fsp3) is 0.762. The molecule has 1 aromatic heterocycles. The van der Waals surface area contributed by atoms with Crippen molar-refractivity contribution in [1.82, 2.24) is 24.9 Å². The molecule has 0 unspecified atom stereocenters. The van der Waals surface area contributed by atoms with Crippen molar-refractivity contribution in [3.8, 4) is 0 Å². The third-order valence-corrected chi connectivity index (χ3v) is 5.41. The van der Waals surface area contributed by atoms with Gasteiger partial charge in [-0.1, -0.05) is 0 Å². The molecule has 1 aliphatic carbocycles. The molecule has 8 heteroatoms. The number of guanidine groups is 1. The minimum absolute atomic E-state index is 0.165. The molecule has 2 heterocycles. The van der Waals surface area contributed by atoms with E-state index in [9.17, 15) is 4.79 Å². The first-order valence-corrected chi connectivity index (χ1v) is 10.7. The van der Waals surface area contributed by atoms with Gasteiger partial charge >= 0.3 is 6.09 Å². The molecule has 1 aliphatic heterocycles. The monoisotopic (exact) mass is 404 g/mol. The zero-order valence-electron chi connectivity index (χ0n) is 18.5. The fourth-order valence-corrected chi connectivity index (χ4v) is 3.74. The molecule has 0 atom stereocenters. The van der Waals surface area contributed by atoms with Crippen molar-refractivity contribution in [3.05, 3.63) is 18.0 Å². The second-order valence-electron chi connectivity index (χ2n) is 9.22. The Hall–Kier alpha value is -2.25. The Morgan fingerprint density at radius 1 is 1.31 bits per heavy atom. The smallest absolute Gasteiger partial charge is 0.410 e. The Morgan fingerprint density at radius 2 is 2.00 bits per heavy atom. The maximum Gasteiger partial charge on any atom is 0.410 e. The zero-order valence-corrected chi connectivity index (χ0v) is 18.5. The van der Waals surface area contributed by atoms with E-state index in [0.717, 1.165) is 44.0 Å². The minimum atomic E-state index is -0.460. The van der Waals surface area contributed by atoms with Gasteiger partial charge < -0.3 is 19.9 Å². The van der Waals surface area contributed by atoms with Crippen molar-refractivity contribution in [3.63, 3.8) is 0 Å². The first-order chi connectivity index (χ1) is 13.7. The summed E-state index contributed by atoms with van der Waals surface area (Å²) < 4.78 is 7.50. The van der Waals surface area contributed by atoms with Crippen molar-refractivity contribution >= 4 is 12.1 Å². The molecule has 2 aliphatic rings. The van der Waals surface area contributed by atoms with Crippen LogP contribution in [-0.2, 0) is 18.3 Å². The molecule has 1 saturated heterocycles. The molecular weight excluding hydrogens is 368 g/mol. The number of carbonyl (C=O) groups is 1. The molecule has 2 fully saturated rings. The number of aryl methyl sites for hydroxylation is 1. The highest BCUT2D eigenvalue weighted by Gasteiger charge is 2.35. The zero-order chi connectivity index (χ0) is 21.0. The number of rotatable bonds is 5. The van der Waals surface area contributed by atoms with Gasteiger partial charge in [-0.3, -0.25) is 9.67 Å². The Morgan fingerprint density at radius 3 is 2.52 bits per heavy atom. The SMILES string of the molecule is CN=C(NCc1cnn(C)c1)N1CCC(N(CC2CC2)C(=O)OC(C)(C)C)CC1. The Kier molecular flexibility index (Phi) is 6.70. The maximum absolute atomic E-state index is 12.8. The summed E-state index contributed by atoms with van der Waals surface area (Å²) in [7, 11) is 3.74. The van der Waals surface area contributed by atoms with Crippen LogP contribution in [0.15, 0.2) is 17.4 Å². The van der Waals surface area contributed by atoms with Gasteiger partial charge in [0.2, 0.25) is 0 Å². The Labute approximate surface area is 174 Å². The summed E-state index contributed by atoms with van der Waals surface area (Å²) >= 11 is 0. The van der Waals surface area contributed by atoms with Crippen LogP contribution in [0.2, 0.25) is 0 Å². The summed E-state index contributed by atoms with van der Waals surface area (Å²) in [6.07, 6.45) is 8.01. The van der Waals surface area contributed by atoms with Crippen molar-refractivity contribution in [2.45, 2.75) is 64.6 Å². The van der Waals surface area contributed by atoms with Crippen molar-refractivity contribution in [2.75, 3.05) is 26.7 Å². The van der Waals surface area contributed by atoms with Gasteiger partial charge in [-0.15, -0.1) is 0 Å². The van der Waals surface area contributed by atoms with Crippen molar-refractivity contribution in [1.29, 1.82) is 0 Å². The first-order valence-electron chi connectivity index (χ1n) is 10.7. The summed E-state index contributed by atoms with van der Waals surface area (Å²) in [6, 6.07) is 0.234. The number of likely N-dealkylation sites (tertiary alicyclic amines) is 1. The van der Waals surface area contributed by atoms with Crippen LogP contribution in [0.5, 0.6) is 0 Å². The van der Waals surface area contributed by atoms with Crippen LogP contribution < -0.4 is 5.32 Å². The molecule has 162 valence electrons. The second-order valence-corrected chi connectivity index (χ2v) is 9.22. The number of nitrogens with one attached hydrogen (secondary N) is 1. The molecule has 8 nitrogen and oxygen atoms in total. The van der Waals surface area contributed by atoms with Crippen LogP contribution in [0.4, 0.5) is 4.79 Å². The standard InChI is InChI=1S/C21H36N6O2/c1-21(2,3)29-20(28)27(15-16-6-7-16)18-8-10-26(11-9-18)19(22-4)23-12-17-13-24-25(5)14-17/h13-14,16,18H,6-12,15H2,1-5H3,(H,22,23). The van der Waals surface area contributed by atoms with Gasteiger partial charge in [0.15, 0.2) is 5.96 Å². The van der Waals surface area contributed by atoms with E-state index in [1.165, 1.54) is 12.8 Å². The molecule has 1 aromatic rings. The van der Waals surface area contributed by atoms with Gasteiger partial charge in [0.1, 0.15) is 5.60 Å². The number of ether oxygens (including phenoxy) is 1. The number of hydrogen-bond acceptors (Lipinski definition) is 4. The topological polar surface area (TPSA) is 75.0 Å². The summed E-state index contributed by atoms with van der Waals surface area (Å²) in [5.41, 5.74) is 0.668. The number of amides is 1. The summed E-state index contributed by atoms with van der Waals surface area (Å²) in [5, 5.41) is 7.63. The third kappa shape index (κ3) is 6.37. The van der Waals surface area contributed by atoms with Crippen molar-refractivity contribution in [2.24, 2.45) is 18.0 Å². The summed E-state index contributed by atoms with van der Waals surface area (Å²) in [6.45, 7) is 9.07. The highest BCUT2D eigenvalue weighted by Crippen LogP contribution is 2.32. The normalized spacial score (nSPS) is 18.7. The Bertz CT molecular complexity index is 711. The summed E-state index contributed by atoms with van der Waals surface area (Å²) in [4.78, 5) is 21.5. The molecule has 29 heavy (non-hydrogen) atoms. The molecular formula is C21H36N6O2. The van der Waals surface area contributed by atoms with Crippen LogP contribution in [0.3, 0.4) is 0 Å². The van der Waals surface area contributed by atoms with Gasteiger partial charge in [0.05, 0.1) is 6.20 Å². The van der Waals surface area contributed by atoms with Gasteiger partial charge in [-0.25, -0.2) is 4.79 Å². The first kappa shape index (κ1) is 21.5. The highest BCUT2D eigenvalue weighted by atomic mass is 16.6. The Balaban J connectivity index is 1.54. The fourth-order valence-electron chi connectivity index (χ4n) is 3.74. The molecule has 1 N–H and O–H groups in total. The van der Waals surface area contributed by atoms with E-state index in [1.807, 2.05) is 52.2 Å². The number of hydrogen-bond donors (Lipinski definition) is 1. The molecule has 1 amide bonds. The van der Waals surface area contributed by atoms with Crippen molar-refractivity contribution < 1.29 is 9.53 Å². The van der Waals surface area contributed by atoms with Crippen LogP contribution in [0.1, 0.15) is 52.0 Å². The van der Waals surface area contributed by atoms with E-state index in [2.05, 4.69) is 20.3 Å². The molecule has 0 radical (unpaired) electrons. The van der Waals surface area contributed by atoms with E-state index in [0.29, 0.717) is 12.5 Å². The van der Waals surface area contributed by atoms with Gasteiger partial charge in [0.25, 0.3) is 0 Å². The van der Waals surface area contributed by atoms with E-state index in [4.69, 9.17) is 4.74 Å². The molecule has 0 aromatic carbocycles. The van der Waals surface area contributed by atoms with E-state index in [1.54, 1.807) is 4.68 Å². The summed E-state index contributed by atoms with van der Waals surface area (Å²) in [5.74, 6) is 1.55. The molecule has 0 bridgehead atoms. The largest absolute Gasteiger partial charge is 0.444 e. The predicted molar refractivity (Wildman–Crippen MR) is 114 cm³/mol. The number of piperidine rings is 1. The number of aliphatic imine (C=N–C) groups is 1. The third-order valence-electron chi connectivity index (χ3n) is 5.41. The van der Waals surface area contributed by atoms with Gasteiger partial charge in [0, 0.05) is 58.1 Å². The van der Waals surface area contributed by atoms with Crippen LogP contribution >= 0.6 is 0 Å². The lowest BCUT2D eigenvalue weighted by Gasteiger charge is -2.40. The van der Waals surface area contributed by atoms with Gasteiger partial charge in [-0.05, 0) is 52.4 Å². The molecule has 0 spiro atoms. The number of nitrogens with zero attached hydrogens (tertiary/aromatic N) is 5. The lowest BCUT2D eigenvalue weighted by molar-refractivity contribution is 0.00928. The molecule has 1 saturated carbocycles. The lowest BCUT2D eigenvalue weighted by Crippen LogP contribution is -2.52. The minimum Gasteiger partial charge on any atom is -0.444 e. The van der Waals surface area contributed by atoms with E-state index >= 15 is 0 Å². The van der Waals surface area contributed by atoms with Gasteiger partial charge in [-0.2, -0.15) is 5.10 Å². The van der Waals surface area contributed by atoms with Crippen LogP contribution in [0, 0.1) is 5.92 Å². The predicted octanol–water partition coefficient (Wildman–Crippen LogP) is 2.61. The second kappa shape index (κ2) is 9.05. The molecule has 3 rings (SSSR count). The average molecular weight is 405 g/mol. The van der Waals surface area contributed by atoms with E-state index < -0.39 is 5.60 Å². The highest BCUT2D eigenvalue weighted by molar-refractivity contribution is 5.80. The number of aromatic nitrogens is 2. The lowest BCUT2D eigenvalue weighted by atomic mass is 10.0.